The number of carbonyl (C=O) groups is 4. The molecule has 2 fully saturated rings. The average molecular weight is 963 g/mol. The van der Waals surface area contributed by atoms with E-state index < -0.39 is 35.5 Å². The second-order valence-electron chi connectivity index (χ2n) is 20.5. The monoisotopic (exact) mass is 963 g/mol. The fraction of sp³-hybridized carbons (Fsp3) is 0.500. The highest BCUT2D eigenvalue weighted by atomic mass is 16.6. The number of likely N-dealkylation sites (tertiary alicyclic amines) is 2. The molecule has 0 aromatic rings. The first-order chi connectivity index (χ1) is 32.9. The van der Waals surface area contributed by atoms with Crippen molar-refractivity contribution >= 4 is 24.1 Å². The second kappa shape index (κ2) is 31.4. The van der Waals surface area contributed by atoms with Gasteiger partial charge in [0, 0.05) is 13.1 Å². The van der Waals surface area contributed by atoms with E-state index in [1.54, 1.807) is 0 Å². The third-order valence-corrected chi connectivity index (χ3v) is 11.0. The zero-order valence-electron chi connectivity index (χ0n) is 45.2. The van der Waals surface area contributed by atoms with Crippen LogP contribution >= 0.6 is 0 Å². The molecule has 0 aromatic carbocycles. The van der Waals surface area contributed by atoms with Gasteiger partial charge in [0.2, 0.25) is 0 Å². The molecule has 0 saturated carbocycles. The van der Waals surface area contributed by atoms with Crippen LogP contribution in [0.4, 0.5) is 9.59 Å². The number of allylic oxidation sites excluding steroid dienone is 24. The van der Waals surface area contributed by atoms with Crippen molar-refractivity contribution in [2.24, 2.45) is 0 Å². The second-order valence-corrected chi connectivity index (χ2v) is 20.5. The highest BCUT2D eigenvalue weighted by Gasteiger charge is 2.39. The number of carbonyl (C=O) groups excluding carboxylic acids is 4. The number of rotatable bonds is 22. The molecule has 0 radical (unpaired) electrons. The number of esters is 2. The van der Waals surface area contributed by atoms with Gasteiger partial charge in [-0.3, -0.25) is 9.80 Å². The minimum absolute atomic E-state index is 0.214. The van der Waals surface area contributed by atoms with Gasteiger partial charge in [-0.2, -0.15) is 0 Å². The predicted octanol–water partition coefficient (Wildman–Crippen LogP) is 14.8. The lowest BCUT2D eigenvalue weighted by Crippen LogP contribution is -2.44. The summed E-state index contributed by atoms with van der Waals surface area (Å²) in [5.74, 6) is -0.753. The number of nitrogens with zero attached hydrogens (tertiary/aromatic N) is 2. The molecule has 2 rings (SSSR count). The molecule has 0 spiro atoms. The molecule has 0 aromatic heterocycles. The van der Waals surface area contributed by atoms with Crippen molar-refractivity contribution in [2.45, 2.75) is 172 Å². The maximum Gasteiger partial charge on any atom is 0.411 e. The summed E-state index contributed by atoms with van der Waals surface area (Å²) in [6.45, 7) is 28.8. The number of ether oxygens (including phenoxy) is 4. The first-order valence-electron chi connectivity index (χ1n) is 25.0. The van der Waals surface area contributed by atoms with Crippen LogP contribution in [-0.2, 0) is 28.5 Å². The van der Waals surface area contributed by atoms with Crippen molar-refractivity contribution in [2.75, 3.05) is 26.3 Å². The summed E-state index contributed by atoms with van der Waals surface area (Å²) in [5, 5.41) is 0. The number of hydrogen-bond acceptors (Lipinski definition) is 8. The Hall–Kier alpha value is -5.90. The van der Waals surface area contributed by atoms with Gasteiger partial charge >= 0.3 is 24.1 Å². The average Bonchev–Trinajstić information content (AvgIpc) is 3.97. The molecule has 70 heavy (non-hydrogen) atoms. The molecule has 10 heteroatoms. The minimum Gasteiger partial charge on any atom is -0.460 e. The Morgan fingerprint density at radius 3 is 1.10 bits per heavy atom. The molecular weight excluding hydrogens is 877 g/mol. The summed E-state index contributed by atoms with van der Waals surface area (Å²) in [6.07, 6.45) is 42.8. The molecule has 2 aliphatic rings. The Kier molecular flexibility index (Phi) is 27.0. The maximum atomic E-state index is 12.8. The fourth-order valence-corrected chi connectivity index (χ4v) is 7.11. The topological polar surface area (TPSA) is 112 Å². The van der Waals surface area contributed by atoms with Gasteiger partial charge in [0.1, 0.15) is 36.5 Å². The molecule has 2 aliphatic heterocycles. The normalized spacial score (nSPS) is 19.0. The Bertz CT molecular complexity index is 2010. The van der Waals surface area contributed by atoms with Crippen molar-refractivity contribution in [1.82, 2.24) is 9.80 Å². The molecule has 384 valence electrons. The van der Waals surface area contributed by atoms with E-state index in [0.717, 1.165) is 72.0 Å². The minimum atomic E-state index is -0.614. The Morgan fingerprint density at radius 1 is 0.457 bits per heavy atom. The Labute approximate surface area is 422 Å². The molecule has 10 nitrogen and oxygen atoms in total. The Morgan fingerprint density at radius 2 is 0.771 bits per heavy atom. The van der Waals surface area contributed by atoms with E-state index in [0.29, 0.717) is 25.9 Å². The van der Waals surface area contributed by atoms with Gasteiger partial charge in [0.25, 0.3) is 0 Å². The number of amides is 2. The van der Waals surface area contributed by atoms with Crippen LogP contribution < -0.4 is 0 Å². The molecule has 2 atom stereocenters. The highest BCUT2D eigenvalue weighted by Crippen LogP contribution is 2.24. The van der Waals surface area contributed by atoms with Gasteiger partial charge in [-0.25, -0.2) is 19.2 Å². The fourth-order valence-electron chi connectivity index (χ4n) is 7.11. The summed E-state index contributed by atoms with van der Waals surface area (Å²) < 4.78 is 22.1. The lowest BCUT2D eigenvalue weighted by atomic mass is 10.1. The van der Waals surface area contributed by atoms with Crippen LogP contribution in [0.5, 0.6) is 0 Å². The van der Waals surface area contributed by atoms with Gasteiger partial charge in [0.05, 0.1) is 0 Å². The van der Waals surface area contributed by atoms with E-state index in [1.165, 1.54) is 20.9 Å². The first-order valence-corrected chi connectivity index (χ1v) is 25.0. The van der Waals surface area contributed by atoms with Gasteiger partial charge in [-0.1, -0.05) is 143 Å². The van der Waals surface area contributed by atoms with Crippen LogP contribution in [0.1, 0.15) is 148 Å². The lowest BCUT2D eigenvalue weighted by Gasteiger charge is -2.27. The largest absolute Gasteiger partial charge is 0.460 e. The predicted molar refractivity (Wildman–Crippen MR) is 288 cm³/mol. The molecule has 0 N–H and O–H groups in total. The highest BCUT2D eigenvalue weighted by molar-refractivity contribution is 5.83. The van der Waals surface area contributed by atoms with Crippen molar-refractivity contribution in [1.29, 1.82) is 0 Å². The van der Waals surface area contributed by atoms with Crippen molar-refractivity contribution in [3.63, 3.8) is 0 Å². The third-order valence-electron chi connectivity index (χ3n) is 11.0. The summed E-state index contributed by atoms with van der Waals surface area (Å²) in [7, 11) is 0. The number of hydrogen-bond donors (Lipinski definition) is 0. The van der Waals surface area contributed by atoms with Gasteiger partial charge in [0.15, 0.2) is 0 Å². The summed E-state index contributed by atoms with van der Waals surface area (Å²) in [5.41, 5.74) is 7.85. The first kappa shape index (κ1) is 60.2. The van der Waals surface area contributed by atoms with E-state index in [9.17, 15) is 19.2 Å². The molecule has 2 saturated heterocycles. The van der Waals surface area contributed by atoms with Crippen LogP contribution in [-0.4, -0.2) is 83.5 Å². The van der Waals surface area contributed by atoms with Crippen molar-refractivity contribution in [3.8, 4) is 0 Å². The summed E-state index contributed by atoms with van der Waals surface area (Å²) in [4.78, 5) is 53.6. The molecule has 0 bridgehead atoms. The maximum absolute atomic E-state index is 12.8. The van der Waals surface area contributed by atoms with E-state index in [4.69, 9.17) is 18.9 Å². The van der Waals surface area contributed by atoms with E-state index >= 15 is 0 Å². The van der Waals surface area contributed by atoms with Crippen molar-refractivity contribution < 1.29 is 38.1 Å². The Balaban J connectivity index is 1.71. The zero-order chi connectivity index (χ0) is 52.3. The molecule has 2 amide bonds. The van der Waals surface area contributed by atoms with E-state index in [1.807, 2.05) is 67.5 Å². The molecule has 0 aliphatic carbocycles. The lowest BCUT2D eigenvalue weighted by molar-refractivity contribution is -0.148. The van der Waals surface area contributed by atoms with Crippen LogP contribution in [0.2, 0.25) is 0 Å². The zero-order valence-corrected chi connectivity index (χ0v) is 45.2. The molecule has 2 unspecified atom stereocenters. The van der Waals surface area contributed by atoms with Gasteiger partial charge in [-0.05, 0) is 159 Å². The van der Waals surface area contributed by atoms with Crippen LogP contribution in [0, 0.1) is 0 Å². The summed E-state index contributed by atoms with van der Waals surface area (Å²) >= 11 is 0. The van der Waals surface area contributed by atoms with Crippen molar-refractivity contribution in [3.05, 3.63) is 154 Å². The molecular formula is C60H86N2O8. The SMILES string of the molecule is CC(/C=C/C=C(C)/C=C/C=C(\C)CC/C=C(\C)COC(=O)C1CCCN1C(=O)OC(C)(C)C)=C\C=C\C=C(C)\C=C\C=C(C)\C=C\C=C(/C)CC/C=C(\C)COC(=O)C1CCCN1C(=O)OC(C)(C)C. The van der Waals surface area contributed by atoms with Gasteiger partial charge in [-0.15, -0.1) is 0 Å². The van der Waals surface area contributed by atoms with Crippen LogP contribution in [0.15, 0.2) is 154 Å². The van der Waals surface area contributed by atoms with E-state index in [-0.39, 0.29) is 25.2 Å². The quantitative estimate of drug-likeness (QED) is 0.0456. The standard InChI is InChI=1S/C60H86N2O8/c1-45(27-17-29-47(3)31-19-33-49(5)35-21-37-51(7)43-67-55(63)53-39-23-41-61(53)57(65)69-59(9,10)11)25-15-16-26-46(2)28-18-30-48(4)32-20-34-50(6)36-22-38-52(8)44-68-56(64)54-40-24-42-62(54)58(66)70-60(12,13)14/h15-20,25-34,37-38,53-54H,21-24,35-36,39-44H2,1-14H3/b16-15+,27-17+,28-18+,31-19+,32-20+,45-25+,46-26+,47-29+,48-30+,49-33+,50-34+,51-37+,52-38+. The van der Waals surface area contributed by atoms with Gasteiger partial charge < -0.3 is 18.9 Å². The van der Waals surface area contributed by atoms with Crippen LogP contribution in [0.25, 0.3) is 0 Å². The third kappa shape index (κ3) is 26.7. The molecule has 2 heterocycles. The smallest absolute Gasteiger partial charge is 0.411 e. The van der Waals surface area contributed by atoms with E-state index in [2.05, 4.69) is 139 Å². The summed E-state index contributed by atoms with van der Waals surface area (Å²) in [6, 6.07) is -1.18. The van der Waals surface area contributed by atoms with Crippen LogP contribution in [0.3, 0.4) is 0 Å².